The van der Waals surface area contributed by atoms with Gasteiger partial charge in [0.1, 0.15) is 5.60 Å². The highest BCUT2D eigenvalue weighted by Gasteiger charge is 2.50. The molecule has 2 fully saturated rings. The summed E-state index contributed by atoms with van der Waals surface area (Å²) in [5, 5.41) is 0. The summed E-state index contributed by atoms with van der Waals surface area (Å²) in [6, 6.07) is 0.551. The van der Waals surface area contributed by atoms with Crippen LogP contribution in [0.25, 0.3) is 0 Å². The minimum Gasteiger partial charge on any atom is -0.444 e. The van der Waals surface area contributed by atoms with Crippen molar-refractivity contribution in [2.24, 2.45) is 0 Å². The molecule has 0 spiro atoms. The van der Waals surface area contributed by atoms with Crippen LogP contribution in [0, 0.1) is 0 Å². The molecule has 4 nitrogen and oxygen atoms in total. The Kier molecular flexibility index (Phi) is 2.86. The van der Waals surface area contributed by atoms with Gasteiger partial charge in [0.2, 0.25) is 0 Å². The second-order valence-corrected chi connectivity index (χ2v) is 5.70. The van der Waals surface area contributed by atoms with Crippen LogP contribution in [0.3, 0.4) is 0 Å². The van der Waals surface area contributed by atoms with Crippen LogP contribution in [0.5, 0.6) is 0 Å². The molecule has 92 valence electrons. The normalized spacial score (nSPS) is 33.2. The predicted octanol–water partition coefficient (Wildman–Crippen LogP) is 2.17. The Bertz CT molecular complexity index is 284. The number of carbonyl (C=O) groups excluding carboxylic acids is 1. The van der Waals surface area contributed by atoms with Crippen molar-refractivity contribution in [1.82, 2.24) is 4.90 Å². The fourth-order valence-corrected chi connectivity index (χ4v) is 2.79. The number of fused-ring (bicyclic) bond motifs is 2. The van der Waals surface area contributed by atoms with E-state index in [0.717, 1.165) is 19.3 Å². The van der Waals surface area contributed by atoms with Gasteiger partial charge in [-0.05, 0) is 40.0 Å². The molecule has 2 rings (SSSR count). The molecule has 2 heterocycles. The molecule has 0 aromatic heterocycles. The first kappa shape index (κ1) is 11.7. The van der Waals surface area contributed by atoms with E-state index in [-0.39, 0.29) is 18.2 Å². The molecule has 0 radical (unpaired) electrons. The first-order valence-corrected chi connectivity index (χ1v) is 5.96. The van der Waals surface area contributed by atoms with Gasteiger partial charge in [0.15, 0.2) is 0 Å². The second kappa shape index (κ2) is 3.91. The SMILES string of the molecule is COC1C[C@H]2CC[C@@H]1N2C(=O)OC(C)(C)C. The lowest BCUT2D eigenvalue weighted by molar-refractivity contribution is 0.0132. The van der Waals surface area contributed by atoms with Crippen LogP contribution in [0.2, 0.25) is 0 Å². The number of nitrogens with zero attached hydrogens (tertiary/aromatic N) is 1. The molecule has 4 heteroatoms. The summed E-state index contributed by atoms with van der Waals surface area (Å²) in [4.78, 5) is 13.9. The van der Waals surface area contributed by atoms with Crippen molar-refractivity contribution in [2.75, 3.05) is 7.11 Å². The van der Waals surface area contributed by atoms with Crippen molar-refractivity contribution in [3.63, 3.8) is 0 Å². The summed E-state index contributed by atoms with van der Waals surface area (Å²) >= 11 is 0. The van der Waals surface area contributed by atoms with Crippen molar-refractivity contribution in [3.8, 4) is 0 Å². The van der Waals surface area contributed by atoms with E-state index >= 15 is 0 Å². The highest BCUT2D eigenvalue weighted by Crippen LogP contribution is 2.39. The minimum atomic E-state index is -0.415. The molecule has 16 heavy (non-hydrogen) atoms. The van der Waals surface area contributed by atoms with E-state index in [9.17, 15) is 4.79 Å². The number of hydrogen-bond acceptors (Lipinski definition) is 3. The first-order chi connectivity index (χ1) is 7.42. The molecule has 0 saturated carbocycles. The number of rotatable bonds is 1. The van der Waals surface area contributed by atoms with Crippen molar-refractivity contribution >= 4 is 6.09 Å². The maximum absolute atomic E-state index is 12.0. The highest BCUT2D eigenvalue weighted by atomic mass is 16.6. The maximum Gasteiger partial charge on any atom is 0.410 e. The van der Waals surface area contributed by atoms with Crippen LogP contribution in [-0.2, 0) is 9.47 Å². The van der Waals surface area contributed by atoms with Gasteiger partial charge < -0.3 is 9.47 Å². The zero-order valence-electron chi connectivity index (χ0n) is 10.5. The monoisotopic (exact) mass is 227 g/mol. The van der Waals surface area contributed by atoms with E-state index in [2.05, 4.69) is 0 Å². The van der Waals surface area contributed by atoms with Gasteiger partial charge in [-0.15, -0.1) is 0 Å². The number of amides is 1. The van der Waals surface area contributed by atoms with Gasteiger partial charge in [0.05, 0.1) is 12.1 Å². The lowest BCUT2D eigenvalue weighted by Crippen LogP contribution is -2.41. The number of carbonyl (C=O) groups is 1. The van der Waals surface area contributed by atoms with E-state index in [1.54, 1.807) is 7.11 Å². The fourth-order valence-electron chi connectivity index (χ4n) is 2.79. The number of hydrogen-bond donors (Lipinski definition) is 0. The van der Waals surface area contributed by atoms with Crippen LogP contribution in [-0.4, -0.2) is 41.9 Å². The molecule has 2 bridgehead atoms. The van der Waals surface area contributed by atoms with Crippen LogP contribution in [0.4, 0.5) is 4.79 Å². The standard InChI is InChI=1S/C12H21NO3/c1-12(2,3)16-11(14)13-8-5-6-9(13)10(7-8)15-4/h8-10H,5-7H2,1-4H3/t8-,9+,10?/m1/s1. The average Bonchev–Trinajstić information content (AvgIpc) is 2.70. The van der Waals surface area contributed by atoms with Gasteiger partial charge in [-0.3, -0.25) is 4.90 Å². The Hall–Kier alpha value is -0.770. The molecule has 1 unspecified atom stereocenters. The Labute approximate surface area is 96.9 Å². The molecule has 0 N–H and O–H groups in total. The largest absolute Gasteiger partial charge is 0.444 e. The number of ether oxygens (including phenoxy) is 2. The van der Waals surface area contributed by atoms with E-state index < -0.39 is 5.60 Å². The zero-order chi connectivity index (χ0) is 11.9. The second-order valence-electron chi connectivity index (χ2n) is 5.70. The zero-order valence-corrected chi connectivity index (χ0v) is 10.5. The molecular weight excluding hydrogens is 206 g/mol. The van der Waals surface area contributed by atoms with Gasteiger partial charge in [0.25, 0.3) is 0 Å². The van der Waals surface area contributed by atoms with E-state index in [0.29, 0.717) is 6.04 Å². The summed E-state index contributed by atoms with van der Waals surface area (Å²) in [5.41, 5.74) is -0.415. The van der Waals surface area contributed by atoms with Gasteiger partial charge >= 0.3 is 6.09 Å². The Morgan fingerprint density at radius 1 is 1.31 bits per heavy atom. The van der Waals surface area contributed by atoms with Crippen LogP contribution >= 0.6 is 0 Å². The molecule has 2 saturated heterocycles. The maximum atomic E-state index is 12.0. The molecular formula is C12H21NO3. The van der Waals surface area contributed by atoms with Crippen LogP contribution in [0.15, 0.2) is 0 Å². The Morgan fingerprint density at radius 2 is 2.00 bits per heavy atom. The highest BCUT2D eigenvalue weighted by molar-refractivity contribution is 5.70. The van der Waals surface area contributed by atoms with Crippen molar-refractivity contribution in [1.29, 1.82) is 0 Å². The summed E-state index contributed by atoms with van der Waals surface area (Å²) in [6.07, 6.45) is 3.11. The predicted molar refractivity (Wildman–Crippen MR) is 60.3 cm³/mol. The lowest BCUT2D eigenvalue weighted by Gasteiger charge is -2.27. The van der Waals surface area contributed by atoms with Crippen LogP contribution in [0.1, 0.15) is 40.0 Å². The lowest BCUT2D eigenvalue weighted by atomic mass is 9.98. The molecule has 0 aromatic carbocycles. The van der Waals surface area contributed by atoms with Gasteiger partial charge in [0, 0.05) is 13.2 Å². The smallest absolute Gasteiger partial charge is 0.410 e. The summed E-state index contributed by atoms with van der Waals surface area (Å²) in [7, 11) is 1.72. The third-order valence-corrected chi connectivity index (χ3v) is 3.39. The summed E-state index contributed by atoms with van der Waals surface area (Å²) in [5.74, 6) is 0. The molecule has 0 aromatic rings. The third kappa shape index (κ3) is 2.03. The molecule has 2 aliphatic rings. The molecule has 2 aliphatic heterocycles. The van der Waals surface area contributed by atoms with E-state index in [4.69, 9.17) is 9.47 Å². The van der Waals surface area contributed by atoms with Gasteiger partial charge in [-0.2, -0.15) is 0 Å². The number of methoxy groups -OCH3 is 1. The van der Waals surface area contributed by atoms with Crippen molar-refractivity contribution < 1.29 is 14.3 Å². The van der Waals surface area contributed by atoms with E-state index in [1.807, 2.05) is 25.7 Å². The quantitative estimate of drug-likeness (QED) is 0.689. The average molecular weight is 227 g/mol. The Balaban J connectivity index is 2.03. The molecule has 3 atom stereocenters. The topological polar surface area (TPSA) is 38.8 Å². The van der Waals surface area contributed by atoms with Crippen molar-refractivity contribution in [3.05, 3.63) is 0 Å². The van der Waals surface area contributed by atoms with E-state index in [1.165, 1.54) is 0 Å². The van der Waals surface area contributed by atoms with Crippen molar-refractivity contribution in [2.45, 2.75) is 63.8 Å². The third-order valence-electron chi connectivity index (χ3n) is 3.39. The van der Waals surface area contributed by atoms with Gasteiger partial charge in [-0.25, -0.2) is 4.79 Å². The van der Waals surface area contributed by atoms with Crippen LogP contribution < -0.4 is 0 Å². The summed E-state index contributed by atoms with van der Waals surface area (Å²) in [6.45, 7) is 5.70. The summed E-state index contributed by atoms with van der Waals surface area (Å²) < 4.78 is 10.8. The molecule has 1 amide bonds. The minimum absolute atomic E-state index is 0.181. The molecule has 0 aliphatic carbocycles. The fraction of sp³-hybridized carbons (Fsp3) is 0.917. The first-order valence-electron chi connectivity index (χ1n) is 5.96. The van der Waals surface area contributed by atoms with Gasteiger partial charge in [-0.1, -0.05) is 0 Å². The Morgan fingerprint density at radius 3 is 2.50 bits per heavy atom.